The molecule has 3 aliphatic rings. The highest BCUT2D eigenvalue weighted by atomic mass is 16.5. The van der Waals surface area contributed by atoms with Crippen LogP contribution in [-0.2, 0) is 30.5 Å². The van der Waals surface area contributed by atoms with Gasteiger partial charge in [0.25, 0.3) is 5.91 Å². The molecule has 9 nitrogen and oxygen atoms in total. The molecule has 0 aromatic heterocycles. The Kier molecular flexibility index (Phi) is 7.49. The number of benzene rings is 1. The van der Waals surface area contributed by atoms with Gasteiger partial charge in [0.2, 0.25) is 11.8 Å². The van der Waals surface area contributed by atoms with E-state index in [4.69, 9.17) is 9.47 Å². The SMILES string of the molecule is O=C1CCC(C(=O)N2CC(=O)N(CC3CCOCC3)CC(OCc3ccccc3)C2)=NN1. The van der Waals surface area contributed by atoms with Crippen molar-refractivity contribution in [1.29, 1.82) is 0 Å². The summed E-state index contributed by atoms with van der Waals surface area (Å²) in [6, 6.07) is 9.84. The maximum atomic E-state index is 13.1. The lowest BCUT2D eigenvalue weighted by Gasteiger charge is -2.30. The van der Waals surface area contributed by atoms with Crippen molar-refractivity contribution in [3.05, 3.63) is 35.9 Å². The lowest BCUT2D eigenvalue weighted by molar-refractivity contribution is -0.136. The van der Waals surface area contributed by atoms with Crippen LogP contribution in [0.5, 0.6) is 0 Å². The van der Waals surface area contributed by atoms with Crippen LogP contribution in [-0.4, -0.2) is 78.7 Å². The first-order valence-corrected chi connectivity index (χ1v) is 11.2. The molecule has 1 N–H and O–H groups in total. The van der Waals surface area contributed by atoms with Crippen LogP contribution in [0, 0.1) is 5.92 Å². The Balaban J connectivity index is 1.47. The molecule has 1 aromatic carbocycles. The quantitative estimate of drug-likeness (QED) is 0.707. The molecular formula is C23H30N4O5. The van der Waals surface area contributed by atoms with Gasteiger partial charge in [0.05, 0.1) is 12.7 Å². The van der Waals surface area contributed by atoms with E-state index in [9.17, 15) is 14.4 Å². The van der Waals surface area contributed by atoms with Gasteiger partial charge < -0.3 is 19.3 Å². The number of carbonyl (C=O) groups excluding carboxylic acids is 3. The number of ether oxygens (including phenoxy) is 2. The topological polar surface area (TPSA) is 101 Å². The highest BCUT2D eigenvalue weighted by Crippen LogP contribution is 2.19. The second-order valence-electron chi connectivity index (χ2n) is 8.55. The summed E-state index contributed by atoms with van der Waals surface area (Å²) < 4.78 is 11.6. The Labute approximate surface area is 187 Å². The predicted octanol–water partition coefficient (Wildman–Crippen LogP) is 0.935. The Morgan fingerprint density at radius 3 is 2.62 bits per heavy atom. The monoisotopic (exact) mass is 442 g/mol. The molecule has 0 aliphatic carbocycles. The Morgan fingerprint density at radius 1 is 1.12 bits per heavy atom. The number of amides is 3. The lowest BCUT2D eigenvalue weighted by atomic mass is 9.99. The average Bonchev–Trinajstić information content (AvgIpc) is 2.98. The zero-order chi connectivity index (χ0) is 22.3. The molecule has 0 radical (unpaired) electrons. The van der Waals surface area contributed by atoms with Crippen LogP contribution in [0.3, 0.4) is 0 Å². The molecule has 1 atom stereocenters. The van der Waals surface area contributed by atoms with E-state index >= 15 is 0 Å². The largest absolute Gasteiger partial charge is 0.381 e. The van der Waals surface area contributed by atoms with Gasteiger partial charge in [-0.2, -0.15) is 5.10 Å². The zero-order valence-corrected chi connectivity index (χ0v) is 18.2. The summed E-state index contributed by atoms with van der Waals surface area (Å²) >= 11 is 0. The molecular weight excluding hydrogens is 412 g/mol. The van der Waals surface area contributed by atoms with E-state index in [1.165, 1.54) is 4.90 Å². The summed E-state index contributed by atoms with van der Waals surface area (Å²) in [6.45, 7) is 3.22. The van der Waals surface area contributed by atoms with E-state index in [0.717, 1.165) is 31.6 Å². The van der Waals surface area contributed by atoms with E-state index in [1.54, 1.807) is 0 Å². The minimum Gasteiger partial charge on any atom is -0.381 e. The third-order valence-corrected chi connectivity index (χ3v) is 6.11. The highest BCUT2D eigenvalue weighted by molar-refractivity contribution is 6.39. The van der Waals surface area contributed by atoms with E-state index in [1.807, 2.05) is 35.2 Å². The number of rotatable bonds is 6. The normalized spacial score (nSPS) is 22.9. The fourth-order valence-electron chi connectivity index (χ4n) is 4.26. The highest BCUT2D eigenvalue weighted by Gasteiger charge is 2.34. The molecule has 0 saturated carbocycles. The number of nitrogens with zero attached hydrogens (tertiary/aromatic N) is 3. The van der Waals surface area contributed by atoms with Gasteiger partial charge in [-0.15, -0.1) is 0 Å². The third kappa shape index (κ3) is 5.92. The number of carbonyl (C=O) groups is 3. The molecule has 3 aliphatic heterocycles. The number of hydrogen-bond acceptors (Lipinski definition) is 6. The van der Waals surface area contributed by atoms with Crippen LogP contribution in [0.25, 0.3) is 0 Å². The van der Waals surface area contributed by atoms with E-state index in [-0.39, 0.29) is 48.9 Å². The summed E-state index contributed by atoms with van der Waals surface area (Å²) in [4.78, 5) is 40.9. The summed E-state index contributed by atoms with van der Waals surface area (Å²) in [7, 11) is 0. The van der Waals surface area contributed by atoms with Gasteiger partial charge in [0, 0.05) is 45.7 Å². The van der Waals surface area contributed by atoms with Crippen molar-refractivity contribution in [2.45, 2.75) is 38.4 Å². The molecule has 3 heterocycles. The van der Waals surface area contributed by atoms with Crippen LogP contribution in [0.15, 0.2) is 35.4 Å². The van der Waals surface area contributed by atoms with Crippen molar-refractivity contribution < 1.29 is 23.9 Å². The second kappa shape index (κ2) is 10.7. The van der Waals surface area contributed by atoms with Crippen LogP contribution in [0.2, 0.25) is 0 Å². The van der Waals surface area contributed by atoms with Gasteiger partial charge in [0.15, 0.2) is 0 Å². The molecule has 1 unspecified atom stereocenters. The van der Waals surface area contributed by atoms with Crippen LogP contribution in [0.4, 0.5) is 0 Å². The van der Waals surface area contributed by atoms with Crippen molar-refractivity contribution >= 4 is 23.4 Å². The predicted molar refractivity (Wildman–Crippen MR) is 117 cm³/mol. The lowest BCUT2D eigenvalue weighted by Crippen LogP contribution is -2.45. The second-order valence-corrected chi connectivity index (χ2v) is 8.55. The first-order valence-electron chi connectivity index (χ1n) is 11.2. The summed E-state index contributed by atoms with van der Waals surface area (Å²) in [5.74, 6) is -0.224. The summed E-state index contributed by atoms with van der Waals surface area (Å²) in [5, 5.41) is 3.92. The smallest absolute Gasteiger partial charge is 0.270 e. The van der Waals surface area contributed by atoms with Gasteiger partial charge in [-0.05, 0) is 24.3 Å². The minimum atomic E-state index is -0.320. The first-order chi connectivity index (χ1) is 15.6. The number of nitrogens with one attached hydrogen (secondary N) is 1. The fraction of sp³-hybridized carbons (Fsp3) is 0.565. The number of hydrazone groups is 1. The molecule has 0 bridgehead atoms. The number of hydrogen-bond donors (Lipinski definition) is 1. The van der Waals surface area contributed by atoms with Gasteiger partial charge in [0.1, 0.15) is 12.3 Å². The van der Waals surface area contributed by atoms with Gasteiger partial charge in [-0.25, -0.2) is 5.43 Å². The molecule has 9 heteroatoms. The molecule has 1 aromatic rings. The third-order valence-electron chi connectivity index (χ3n) is 6.11. The van der Waals surface area contributed by atoms with Crippen molar-refractivity contribution in [3.63, 3.8) is 0 Å². The van der Waals surface area contributed by atoms with E-state index < -0.39 is 0 Å². The molecule has 32 heavy (non-hydrogen) atoms. The van der Waals surface area contributed by atoms with Crippen LogP contribution in [0.1, 0.15) is 31.2 Å². The Hall–Kier alpha value is -2.78. The van der Waals surface area contributed by atoms with Crippen molar-refractivity contribution in [2.75, 3.05) is 39.4 Å². The molecule has 4 rings (SSSR count). The fourth-order valence-corrected chi connectivity index (χ4v) is 4.26. The Bertz CT molecular complexity index is 853. The van der Waals surface area contributed by atoms with Gasteiger partial charge >= 0.3 is 0 Å². The summed E-state index contributed by atoms with van der Waals surface area (Å²) in [5.41, 5.74) is 3.68. The maximum Gasteiger partial charge on any atom is 0.270 e. The van der Waals surface area contributed by atoms with Crippen molar-refractivity contribution in [1.82, 2.24) is 15.2 Å². The minimum absolute atomic E-state index is 0.0137. The maximum absolute atomic E-state index is 13.1. The Morgan fingerprint density at radius 2 is 1.91 bits per heavy atom. The summed E-state index contributed by atoms with van der Waals surface area (Å²) in [6.07, 6.45) is 2.04. The van der Waals surface area contributed by atoms with E-state index in [0.29, 0.717) is 32.2 Å². The van der Waals surface area contributed by atoms with Gasteiger partial charge in [-0.1, -0.05) is 30.3 Å². The zero-order valence-electron chi connectivity index (χ0n) is 18.2. The molecule has 172 valence electrons. The van der Waals surface area contributed by atoms with Crippen LogP contribution < -0.4 is 5.43 Å². The van der Waals surface area contributed by atoms with E-state index in [2.05, 4.69) is 10.5 Å². The standard InChI is InChI=1S/C23H30N4O5/c28-21-7-6-20(24-25-21)23(30)27-14-19(32-16-18-4-2-1-3-5-18)13-26(22(29)15-27)12-17-8-10-31-11-9-17/h1-5,17,19H,6-16H2,(H,25,28). The van der Waals surface area contributed by atoms with Crippen molar-refractivity contribution in [3.8, 4) is 0 Å². The van der Waals surface area contributed by atoms with Crippen LogP contribution >= 0.6 is 0 Å². The molecule has 2 fully saturated rings. The molecule has 2 saturated heterocycles. The van der Waals surface area contributed by atoms with Crippen molar-refractivity contribution in [2.24, 2.45) is 11.0 Å². The molecule has 3 amide bonds. The average molecular weight is 443 g/mol. The molecule has 0 spiro atoms. The first kappa shape index (κ1) is 22.4. The van der Waals surface area contributed by atoms with Gasteiger partial charge in [-0.3, -0.25) is 14.4 Å².